The maximum Gasteiger partial charge on any atom is 0.322 e. The third-order valence-electron chi connectivity index (χ3n) is 3.49. The second-order valence-electron chi connectivity index (χ2n) is 5.26. The lowest BCUT2D eigenvalue weighted by Gasteiger charge is -2.22. The van der Waals surface area contributed by atoms with E-state index in [0.717, 1.165) is 6.42 Å². The largest absolute Gasteiger partial charge is 0.468 e. The van der Waals surface area contributed by atoms with Crippen molar-refractivity contribution in [3.8, 4) is 0 Å². The zero-order valence-electron chi connectivity index (χ0n) is 12.9. The lowest BCUT2D eigenvalue weighted by atomic mass is 10.0. The van der Waals surface area contributed by atoms with Gasteiger partial charge in [0.05, 0.1) is 7.11 Å². The van der Waals surface area contributed by atoms with Gasteiger partial charge in [-0.05, 0) is 18.4 Å². The lowest BCUT2D eigenvalue weighted by Crippen LogP contribution is -2.39. The molecule has 0 aliphatic rings. The van der Waals surface area contributed by atoms with Crippen molar-refractivity contribution >= 4 is 11.9 Å². The number of carbonyl (C=O) groups is 2. The van der Waals surface area contributed by atoms with Gasteiger partial charge in [0.15, 0.2) is 0 Å². The minimum absolute atomic E-state index is 0.00900. The molecule has 1 aromatic carbocycles. The van der Waals surface area contributed by atoms with Gasteiger partial charge in [-0.2, -0.15) is 0 Å². The summed E-state index contributed by atoms with van der Waals surface area (Å²) in [6, 6.07) is 9.25. The first-order valence-electron chi connectivity index (χ1n) is 7.08. The van der Waals surface area contributed by atoms with E-state index in [1.807, 2.05) is 30.3 Å². The SMILES string of the molecule is COC(=O)[C@@H](N)CC(C)C(=O)N(C)CCc1ccccc1. The Balaban J connectivity index is 2.44. The second kappa shape index (κ2) is 8.42. The van der Waals surface area contributed by atoms with E-state index < -0.39 is 12.0 Å². The van der Waals surface area contributed by atoms with Crippen LogP contribution in [0.4, 0.5) is 0 Å². The summed E-state index contributed by atoms with van der Waals surface area (Å²) >= 11 is 0. The fourth-order valence-corrected chi connectivity index (χ4v) is 2.16. The molecule has 1 amide bonds. The molecule has 0 aromatic heterocycles. The highest BCUT2D eigenvalue weighted by Crippen LogP contribution is 2.10. The van der Waals surface area contributed by atoms with Gasteiger partial charge in [-0.15, -0.1) is 0 Å². The summed E-state index contributed by atoms with van der Waals surface area (Å²) in [5.41, 5.74) is 6.88. The summed E-state index contributed by atoms with van der Waals surface area (Å²) in [5, 5.41) is 0. The van der Waals surface area contributed by atoms with E-state index in [9.17, 15) is 9.59 Å². The van der Waals surface area contributed by atoms with E-state index in [2.05, 4.69) is 4.74 Å². The van der Waals surface area contributed by atoms with Gasteiger partial charge in [0.25, 0.3) is 0 Å². The minimum atomic E-state index is -0.753. The predicted molar refractivity (Wildman–Crippen MR) is 81.6 cm³/mol. The number of methoxy groups -OCH3 is 1. The van der Waals surface area contributed by atoms with Crippen LogP contribution in [0.5, 0.6) is 0 Å². The van der Waals surface area contributed by atoms with Crippen LogP contribution in [0, 0.1) is 5.92 Å². The minimum Gasteiger partial charge on any atom is -0.468 e. The number of ether oxygens (including phenoxy) is 1. The van der Waals surface area contributed by atoms with Crippen molar-refractivity contribution in [3.63, 3.8) is 0 Å². The number of likely N-dealkylation sites (N-methyl/N-ethyl adjacent to an activating group) is 1. The highest BCUT2D eigenvalue weighted by Gasteiger charge is 2.23. The topological polar surface area (TPSA) is 72.6 Å². The van der Waals surface area contributed by atoms with E-state index in [-0.39, 0.29) is 11.8 Å². The molecule has 2 N–H and O–H groups in total. The summed E-state index contributed by atoms with van der Waals surface area (Å²) < 4.78 is 4.57. The molecule has 0 aliphatic heterocycles. The molecule has 0 aliphatic carbocycles. The van der Waals surface area contributed by atoms with Gasteiger partial charge in [-0.3, -0.25) is 9.59 Å². The molecule has 1 unspecified atom stereocenters. The predicted octanol–water partition coefficient (Wildman–Crippen LogP) is 1.21. The zero-order valence-corrected chi connectivity index (χ0v) is 12.9. The number of amides is 1. The van der Waals surface area contributed by atoms with Gasteiger partial charge in [0.2, 0.25) is 5.91 Å². The normalized spacial score (nSPS) is 13.3. The number of carbonyl (C=O) groups excluding carboxylic acids is 2. The Labute approximate surface area is 126 Å². The summed E-state index contributed by atoms with van der Waals surface area (Å²) in [5.74, 6) is -0.799. The van der Waals surface area contributed by atoms with Crippen molar-refractivity contribution in [1.29, 1.82) is 0 Å². The van der Waals surface area contributed by atoms with Crippen molar-refractivity contribution in [3.05, 3.63) is 35.9 Å². The molecule has 5 nitrogen and oxygen atoms in total. The van der Waals surface area contributed by atoms with Crippen molar-refractivity contribution < 1.29 is 14.3 Å². The molecule has 1 rings (SSSR count). The number of nitrogens with two attached hydrogens (primary N) is 1. The van der Waals surface area contributed by atoms with Gasteiger partial charge >= 0.3 is 5.97 Å². The molecule has 2 atom stereocenters. The zero-order chi connectivity index (χ0) is 15.8. The van der Waals surface area contributed by atoms with E-state index in [1.54, 1.807) is 18.9 Å². The van der Waals surface area contributed by atoms with Crippen LogP contribution in [0.2, 0.25) is 0 Å². The Morgan fingerprint density at radius 3 is 2.48 bits per heavy atom. The Morgan fingerprint density at radius 2 is 1.90 bits per heavy atom. The van der Waals surface area contributed by atoms with Crippen LogP contribution in [0.3, 0.4) is 0 Å². The van der Waals surface area contributed by atoms with Gasteiger partial charge < -0.3 is 15.4 Å². The summed E-state index contributed by atoms with van der Waals surface area (Å²) in [4.78, 5) is 25.2. The fraction of sp³-hybridized carbons (Fsp3) is 0.500. The molecule has 0 fully saturated rings. The third kappa shape index (κ3) is 5.55. The molecule has 0 spiro atoms. The van der Waals surface area contributed by atoms with E-state index in [4.69, 9.17) is 5.73 Å². The maximum atomic E-state index is 12.2. The van der Waals surface area contributed by atoms with Crippen LogP contribution < -0.4 is 5.73 Å². The van der Waals surface area contributed by atoms with Crippen molar-refractivity contribution in [1.82, 2.24) is 4.90 Å². The molecule has 0 heterocycles. The number of benzene rings is 1. The number of hydrogen-bond acceptors (Lipinski definition) is 4. The van der Waals surface area contributed by atoms with Crippen LogP contribution in [-0.4, -0.2) is 43.5 Å². The first kappa shape index (κ1) is 17.2. The molecule has 0 bridgehead atoms. The van der Waals surface area contributed by atoms with Gasteiger partial charge in [0, 0.05) is 19.5 Å². The molecule has 0 saturated heterocycles. The number of esters is 1. The Hall–Kier alpha value is -1.88. The van der Waals surface area contributed by atoms with E-state index >= 15 is 0 Å². The highest BCUT2D eigenvalue weighted by molar-refractivity contribution is 5.80. The third-order valence-corrected chi connectivity index (χ3v) is 3.49. The van der Waals surface area contributed by atoms with Gasteiger partial charge in [0.1, 0.15) is 6.04 Å². The highest BCUT2D eigenvalue weighted by atomic mass is 16.5. The van der Waals surface area contributed by atoms with Crippen LogP contribution in [0.15, 0.2) is 30.3 Å². The molecular formula is C16H24N2O3. The summed E-state index contributed by atoms with van der Waals surface area (Å²) in [7, 11) is 3.06. The van der Waals surface area contributed by atoms with Gasteiger partial charge in [-0.1, -0.05) is 37.3 Å². The molecule has 0 radical (unpaired) electrons. The average molecular weight is 292 g/mol. The van der Waals surface area contributed by atoms with Crippen LogP contribution in [0.1, 0.15) is 18.9 Å². The van der Waals surface area contributed by atoms with Gasteiger partial charge in [-0.25, -0.2) is 0 Å². The summed E-state index contributed by atoms with van der Waals surface area (Å²) in [6.45, 7) is 2.42. The van der Waals surface area contributed by atoms with E-state index in [0.29, 0.717) is 13.0 Å². The van der Waals surface area contributed by atoms with Crippen molar-refractivity contribution in [2.24, 2.45) is 11.7 Å². The average Bonchev–Trinajstić information content (AvgIpc) is 2.51. The van der Waals surface area contributed by atoms with E-state index in [1.165, 1.54) is 12.7 Å². The first-order chi connectivity index (χ1) is 9.95. The monoisotopic (exact) mass is 292 g/mol. The smallest absolute Gasteiger partial charge is 0.322 e. The Morgan fingerprint density at radius 1 is 1.29 bits per heavy atom. The molecule has 21 heavy (non-hydrogen) atoms. The number of hydrogen-bond donors (Lipinski definition) is 1. The first-order valence-corrected chi connectivity index (χ1v) is 7.08. The molecular weight excluding hydrogens is 268 g/mol. The molecule has 1 aromatic rings. The van der Waals surface area contributed by atoms with Crippen LogP contribution in [0.25, 0.3) is 0 Å². The van der Waals surface area contributed by atoms with Crippen LogP contribution in [-0.2, 0) is 20.7 Å². The van der Waals surface area contributed by atoms with Crippen molar-refractivity contribution in [2.75, 3.05) is 20.7 Å². The molecule has 116 valence electrons. The maximum absolute atomic E-state index is 12.2. The standard InChI is InChI=1S/C16H24N2O3/c1-12(11-14(17)16(20)21-3)15(19)18(2)10-9-13-7-5-4-6-8-13/h4-8,12,14H,9-11,17H2,1-3H3/t12?,14-/m0/s1. The number of nitrogens with zero attached hydrogens (tertiary/aromatic N) is 1. The summed E-state index contributed by atoms with van der Waals surface area (Å²) in [6.07, 6.45) is 1.10. The van der Waals surface area contributed by atoms with Crippen LogP contribution >= 0.6 is 0 Å². The Kier molecular flexibility index (Phi) is 6.88. The van der Waals surface area contributed by atoms with Crippen molar-refractivity contribution in [2.45, 2.75) is 25.8 Å². The molecule has 5 heteroatoms. The second-order valence-corrected chi connectivity index (χ2v) is 5.26. The quantitative estimate of drug-likeness (QED) is 0.767. The fourth-order valence-electron chi connectivity index (χ4n) is 2.16. The lowest BCUT2D eigenvalue weighted by molar-refractivity contribution is -0.143. The Bertz CT molecular complexity index is 462. The number of rotatable bonds is 7. The molecule has 0 saturated carbocycles.